The number of fused-ring (bicyclic) bond motifs is 1. The minimum atomic E-state index is -0.882. The van der Waals surface area contributed by atoms with Gasteiger partial charge in [-0.3, -0.25) is 9.78 Å². The van der Waals surface area contributed by atoms with E-state index in [4.69, 9.17) is 9.84 Å². The molecule has 0 atom stereocenters. The van der Waals surface area contributed by atoms with E-state index in [1.165, 1.54) is 11.3 Å². The zero-order valence-electron chi connectivity index (χ0n) is 14.3. The van der Waals surface area contributed by atoms with Gasteiger partial charge in [0, 0.05) is 23.2 Å². The normalized spacial score (nSPS) is 10.8. The van der Waals surface area contributed by atoms with Gasteiger partial charge in [0.25, 0.3) is 0 Å². The van der Waals surface area contributed by atoms with Crippen molar-refractivity contribution in [2.24, 2.45) is 0 Å². The number of carbonyl (C=O) groups is 1. The van der Waals surface area contributed by atoms with Crippen LogP contribution in [0.3, 0.4) is 0 Å². The Morgan fingerprint density at radius 3 is 2.78 bits per heavy atom. The molecule has 0 amide bonds. The predicted octanol–water partition coefficient (Wildman–Crippen LogP) is 4.56. The van der Waals surface area contributed by atoms with E-state index < -0.39 is 5.97 Å². The fourth-order valence-electron chi connectivity index (χ4n) is 2.90. The largest absolute Gasteiger partial charge is 0.486 e. The Balaban J connectivity index is 1.47. The summed E-state index contributed by atoms with van der Waals surface area (Å²) >= 11 is 1.41. The third-order valence-corrected chi connectivity index (χ3v) is 5.01. The summed E-state index contributed by atoms with van der Waals surface area (Å²) in [7, 11) is 0. The van der Waals surface area contributed by atoms with Crippen molar-refractivity contribution in [3.8, 4) is 16.9 Å². The Morgan fingerprint density at radius 2 is 1.96 bits per heavy atom. The molecule has 0 aliphatic heterocycles. The van der Waals surface area contributed by atoms with Crippen LogP contribution in [0.15, 0.2) is 66.3 Å². The molecule has 2 aromatic carbocycles. The van der Waals surface area contributed by atoms with Gasteiger partial charge in [0.2, 0.25) is 0 Å². The molecule has 5 nitrogen and oxygen atoms in total. The minimum Gasteiger partial charge on any atom is -0.486 e. The Morgan fingerprint density at radius 1 is 1.11 bits per heavy atom. The highest BCUT2D eigenvalue weighted by atomic mass is 32.1. The standard InChI is InChI=1S/C21H16N2O3S/c24-21(25)10-16-13-27-20(23-16)12-26-17-6-4-14(5-7-17)18-3-1-2-15-11-22-9-8-19(15)18/h1-9,11,13H,10,12H2,(H,24,25). The van der Waals surface area contributed by atoms with Gasteiger partial charge < -0.3 is 9.84 Å². The molecule has 0 aliphatic carbocycles. The zero-order chi connectivity index (χ0) is 18.6. The summed E-state index contributed by atoms with van der Waals surface area (Å²) in [5.41, 5.74) is 2.82. The molecule has 0 spiro atoms. The molecule has 0 radical (unpaired) electrons. The molecule has 0 saturated heterocycles. The van der Waals surface area contributed by atoms with E-state index in [-0.39, 0.29) is 6.42 Å². The monoisotopic (exact) mass is 376 g/mol. The average molecular weight is 376 g/mol. The summed E-state index contributed by atoms with van der Waals surface area (Å²) in [6, 6.07) is 16.1. The first-order valence-corrected chi connectivity index (χ1v) is 9.28. The van der Waals surface area contributed by atoms with Crippen LogP contribution in [0.25, 0.3) is 21.9 Å². The number of hydrogen-bond acceptors (Lipinski definition) is 5. The second-order valence-electron chi connectivity index (χ2n) is 6.02. The van der Waals surface area contributed by atoms with Crippen LogP contribution in [0.5, 0.6) is 5.75 Å². The molecule has 0 unspecified atom stereocenters. The Bertz CT molecular complexity index is 1080. The summed E-state index contributed by atoms with van der Waals surface area (Å²) in [5.74, 6) is -0.136. The number of hydrogen-bond donors (Lipinski definition) is 1. The van der Waals surface area contributed by atoms with E-state index in [0.29, 0.717) is 12.3 Å². The van der Waals surface area contributed by atoms with Crippen LogP contribution >= 0.6 is 11.3 Å². The number of carboxylic acids is 1. The molecule has 4 aromatic rings. The van der Waals surface area contributed by atoms with E-state index in [1.807, 2.05) is 42.6 Å². The van der Waals surface area contributed by atoms with Crippen molar-refractivity contribution in [3.05, 3.63) is 77.0 Å². The van der Waals surface area contributed by atoms with Gasteiger partial charge in [-0.15, -0.1) is 11.3 Å². The topological polar surface area (TPSA) is 72.3 Å². The molecule has 1 N–H and O–H groups in total. The first-order chi connectivity index (χ1) is 13.2. The van der Waals surface area contributed by atoms with Gasteiger partial charge in [0.05, 0.1) is 12.1 Å². The van der Waals surface area contributed by atoms with Crippen LogP contribution in [0.2, 0.25) is 0 Å². The molecule has 2 aromatic heterocycles. The van der Waals surface area contributed by atoms with Gasteiger partial charge in [-0.2, -0.15) is 0 Å². The lowest BCUT2D eigenvalue weighted by Crippen LogP contribution is -2.01. The van der Waals surface area contributed by atoms with Crippen LogP contribution in [-0.4, -0.2) is 21.0 Å². The van der Waals surface area contributed by atoms with Crippen molar-refractivity contribution in [2.45, 2.75) is 13.0 Å². The maximum Gasteiger partial charge on any atom is 0.309 e. The van der Waals surface area contributed by atoms with Crippen molar-refractivity contribution in [1.29, 1.82) is 0 Å². The molecule has 6 heteroatoms. The molecule has 0 fully saturated rings. The molecule has 134 valence electrons. The summed E-state index contributed by atoms with van der Waals surface area (Å²) < 4.78 is 5.78. The zero-order valence-corrected chi connectivity index (χ0v) is 15.1. The van der Waals surface area contributed by atoms with Crippen molar-refractivity contribution in [1.82, 2.24) is 9.97 Å². The molecule has 0 aliphatic rings. The molecule has 0 bridgehead atoms. The lowest BCUT2D eigenvalue weighted by atomic mass is 9.99. The number of carboxylic acid groups (broad SMARTS) is 1. The van der Waals surface area contributed by atoms with Gasteiger partial charge in [0.1, 0.15) is 17.4 Å². The average Bonchev–Trinajstić information content (AvgIpc) is 3.13. The lowest BCUT2D eigenvalue weighted by Gasteiger charge is -2.08. The number of benzene rings is 2. The van der Waals surface area contributed by atoms with Gasteiger partial charge in [-0.25, -0.2) is 4.98 Å². The minimum absolute atomic E-state index is 0.0637. The Labute approximate surface area is 159 Å². The third-order valence-electron chi connectivity index (χ3n) is 4.14. The highest BCUT2D eigenvalue weighted by Crippen LogP contribution is 2.29. The number of aromatic nitrogens is 2. The number of pyridine rings is 1. The molecule has 27 heavy (non-hydrogen) atoms. The lowest BCUT2D eigenvalue weighted by molar-refractivity contribution is -0.136. The van der Waals surface area contributed by atoms with E-state index in [1.54, 1.807) is 11.6 Å². The van der Waals surface area contributed by atoms with Crippen LogP contribution < -0.4 is 4.74 Å². The molecular formula is C21H16N2O3S. The third kappa shape index (κ3) is 3.96. The Kier molecular flexibility index (Phi) is 4.80. The van der Waals surface area contributed by atoms with E-state index >= 15 is 0 Å². The SMILES string of the molecule is O=C(O)Cc1csc(COc2ccc(-c3cccc4cnccc34)cc2)n1. The van der Waals surface area contributed by atoms with Gasteiger partial charge in [-0.05, 0) is 34.7 Å². The van der Waals surface area contributed by atoms with E-state index in [0.717, 1.165) is 32.7 Å². The molecule has 4 rings (SSSR count). The number of rotatable bonds is 6. The van der Waals surface area contributed by atoms with Crippen LogP contribution in [0.1, 0.15) is 10.7 Å². The highest BCUT2D eigenvalue weighted by Gasteiger charge is 2.07. The van der Waals surface area contributed by atoms with E-state index in [9.17, 15) is 4.79 Å². The second kappa shape index (κ2) is 7.55. The first kappa shape index (κ1) is 17.2. The van der Waals surface area contributed by atoms with E-state index in [2.05, 4.69) is 22.1 Å². The van der Waals surface area contributed by atoms with Gasteiger partial charge >= 0.3 is 5.97 Å². The maximum atomic E-state index is 10.7. The summed E-state index contributed by atoms with van der Waals surface area (Å²) in [5, 5.41) is 13.6. The van der Waals surface area contributed by atoms with Crippen molar-refractivity contribution < 1.29 is 14.6 Å². The maximum absolute atomic E-state index is 10.7. The number of nitrogens with zero attached hydrogens (tertiary/aromatic N) is 2. The van der Waals surface area contributed by atoms with Crippen molar-refractivity contribution in [2.75, 3.05) is 0 Å². The second-order valence-corrected chi connectivity index (χ2v) is 6.96. The van der Waals surface area contributed by atoms with Crippen molar-refractivity contribution >= 4 is 28.1 Å². The molecular weight excluding hydrogens is 360 g/mol. The first-order valence-electron chi connectivity index (χ1n) is 8.40. The van der Waals surface area contributed by atoms with Crippen LogP contribution in [-0.2, 0) is 17.8 Å². The number of thiazole rings is 1. The molecule has 2 heterocycles. The summed E-state index contributed by atoms with van der Waals surface area (Å²) in [4.78, 5) is 19.2. The van der Waals surface area contributed by atoms with Crippen LogP contribution in [0.4, 0.5) is 0 Å². The summed E-state index contributed by atoms with van der Waals surface area (Å²) in [6.07, 6.45) is 3.60. The van der Waals surface area contributed by atoms with Gasteiger partial charge in [0.15, 0.2) is 0 Å². The number of ether oxygens (including phenoxy) is 1. The molecule has 0 saturated carbocycles. The van der Waals surface area contributed by atoms with Crippen LogP contribution in [0, 0.1) is 0 Å². The summed E-state index contributed by atoms with van der Waals surface area (Å²) in [6.45, 7) is 0.323. The fraction of sp³-hybridized carbons (Fsp3) is 0.0952. The smallest absolute Gasteiger partial charge is 0.309 e. The number of aliphatic carboxylic acids is 1. The van der Waals surface area contributed by atoms with Crippen molar-refractivity contribution in [3.63, 3.8) is 0 Å². The Hall–Kier alpha value is -3.25. The predicted molar refractivity (Wildman–Crippen MR) is 105 cm³/mol. The van der Waals surface area contributed by atoms with Gasteiger partial charge in [-0.1, -0.05) is 30.3 Å². The quantitative estimate of drug-likeness (QED) is 0.534. The fourth-order valence-corrected chi connectivity index (χ4v) is 3.61. The highest BCUT2D eigenvalue weighted by molar-refractivity contribution is 7.09.